The topological polar surface area (TPSA) is 79.4 Å². The number of hydrogen-bond acceptors (Lipinski definition) is 6. The van der Waals surface area contributed by atoms with Gasteiger partial charge in [0.1, 0.15) is 11.6 Å². The van der Waals surface area contributed by atoms with E-state index in [1.165, 1.54) is 0 Å². The van der Waals surface area contributed by atoms with E-state index in [1.807, 2.05) is 87.4 Å². The van der Waals surface area contributed by atoms with Crippen molar-refractivity contribution < 1.29 is 9.53 Å². The van der Waals surface area contributed by atoms with E-state index >= 15 is 0 Å². The van der Waals surface area contributed by atoms with Gasteiger partial charge in [-0.25, -0.2) is 4.98 Å². The molecule has 7 nitrogen and oxygen atoms in total. The first-order chi connectivity index (χ1) is 13.9. The highest BCUT2D eigenvalue weighted by Crippen LogP contribution is 2.20. The van der Waals surface area contributed by atoms with Crippen LogP contribution in [-0.4, -0.2) is 36.6 Å². The molecular weight excluding hydrogens is 366 g/mol. The molecule has 2 N–H and O–H groups in total. The fourth-order valence-electron chi connectivity index (χ4n) is 2.66. The number of nitrogens with zero attached hydrogens (tertiary/aromatic N) is 3. The van der Waals surface area contributed by atoms with Crippen molar-refractivity contribution in [2.75, 3.05) is 36.2 Å². The maximum Gasteiger partial charge on any atom is 0.262 e. The number of aromatic nitrogens is 2. The Kier molecular flexibility index (Phi) is 6.29. The fourth-order valence-corrected chi connectivity index (χ4v) is 2.66. The zero-order valence-corrected chi connectivity index (χ0v) is 17.1. The van der Waals surface area contributed by atoms with Gasteiger partial charge in [0.25, 0.3) is 5.91 Å². The molecule has 7 heteroatoms. The van der Waals surface area contributed by atoms with Crippen LogP contribution in [0.1, 0.15) is 11.3 Å². The molecule has 2 aromatic carbocycles. The maximum atomic E-state index is 12.1. The molecule has 150 valence electrons. The number of nitrogens with one attached hydrogen (secondary N) is 2. The minimum absolute atomic E-state index is 0.0463. The van der Waals surface area contributed by atoms with E-state index in [4.69, 9.17) is 4.74 Å². The summed E-state index contributed by atoms with van der Waals surface area (Å²) in [6.07, 6.45) is 0. The van der Waals surface area contributed by atoms with Gasteiger partial charge in [-0.05, 0) is 49.7 Å². The third-order valence-electron chi connectivity index (χ3n) is 4.18. The third kappa shape index (κ3) is 5.68. The minimum atomic E-state index is -0.216. The highest BCUT2D eigenvalue weighted by molar-refractivity contribution is 5.92. The summed E-state index contributed by atoms with van der Waals surface area (Å²) in [5.74, 6) is 1.85. The van der Waals surface area contributed by atoms with Crippen LogP contribution >= 0.6 is 0 Å². The lowest BCUT2D eigenvalue weighted by Crippen LogP contribution is -2.20. The largest absolute Gasteiger partial charge is 0.483 e. The lowest BCUT2D eigenvalue weighted by Gasteiger charge is -2.14. The van der Waals surface area contributed by atoms with Crippen LogP contribution in [0.15, 0.2) is 54.6 Å². The van der Waals surface area contributed by atoms with E-state index in [9.17, 15) is 4.79 Å². The van der Waals surface area contributed by atoms with Crippen LogP contribution in [-0.2, 0) is 4.79 Å². The monoisotopic (exact) mass is 391 g/mol. The van der Waals surface area contributed by atoms with Crippen molar-refractivity contribution in [3.63, 3.8) is 0 Å². The second-order valence-electron chi connectivity index (χ2n) is 6.89. The number of rotatable bonds is 7. The van der Waals surface area contributed by atoms with Gasteiger partial charge in [0.2, 0.25) is 5.95 Å². The van der Waals surface area contributed by atoms with E-state index in [2.05, 4.69) is 20.6 Å². The molecule has 1 aromatic heterocycles. The SMILES string of the molecule is Cc1cc(N(C)C)nc(Nc2ccc(NC(=O)COc3ccccc3C)cc2)n1. The summed E-state index contributed by atoms with van der Waals surface area (Å²) >= 11 is 0. The van der Waals surface area contributed by atoms with Gasteiger partial charge in [0, 0.05) is 37.2 Å². The summed E-state index contributed by atoms with van der Waals surface area (Å²) in [7, 11) is 3.87. The Morgan fingerprint density at radius 2 is 1.69 bits per heavy atom. The maximum absolute atomic E-state index is 12.1. The number of anilines is 4. The van der Waals surface area contributed by atoms with Gasteiger partial charge in [-0.1, -0.05) is 18.2 Å². The Bertz CT molecular complexity index is 987. The highest BCUT2D eigenvalue weighted by atomic mass is 16.5. The Hall–Kier alpha value is -3.61. The standard InChI is InChI=1S/C22H25N5O2/c1-15-7-5-6-8-19(15)29-14-21(28)24-17-9-11-18(12-10-17)25-22-23-16(2)13-20(26-22)27(3)4/h5-13H,14H2,1-4H3,(H,24,28)(H,23,25,26). The minimum Gasteiger partial charge on any atom is -0.483 e. The van der Waals surface area contributed by atoms with E-state index in [0.717, 1.165) is 22.8 Å². The lowest BCUT2D eigenvalue weighted by molar-refractivity contribution is -0.118. The first-order valence-electron chi connectivity index (χ1n) is 9.29. The van der Waals surface area contributed by atoms with Gasteiger partial charge in [-0.15, -0.1) is 0 Å². The van der Waals surface area contributed by atoms with E-state index in [-0.39, 0.29) is 12.5 Å². The number of carbonyl (C=O) groups is 1. The van der Waals surface area contributed by atoms with E-state index in [0.29, 0.717) is 17.4 Å². The number of hydrogen-bond donors (Lipinski definition) is 2. The highest BCUT2D eigenvalue weighted by Gasteiger charge is 2.07. The molecule has 3 rings (SSSR count). The molecule has 0 aliphatic heterocycles. The molecule has 29 heavy (non-hydrogen) atoms. The second-order valence-corrected chi connectivity index (χ2v) is 6.89. The summed E-state index contributed by atoms with van der Waals surface area (Å²) in [4.78, 5) is 22.9. The zero-order valence-electron chi connectivity index (χ0n) is 17.1. The molecule has 0 saturated heterocycles. The molecule has 0 aliphatic rings. The van der Waals surface area contributed by atoms with E-state index in [1.54, 1.807) is 0 Å². The normalized spacial score (nSPS) is 10.3. The summed E-state index contributed by atoms with van der Waals surface area (Å²) in [5, 5.41) is 6.01. The molecule has 0 aliphatic carbocycles. The number of ether oxygens (including phenoxy) is 1. The van der Waals surface area contributed by atoms with Gasteiger partial charge in [-0.3, -0.25) is 4.79 Å². The van der Waals surface area contributed by atoms with Crippen molar-refractivity contribution in [1.29, 1.82) is 0 Å². The van der Waals surface area contributed by atoms with Crippen molar-refractivity contribution >= 4 is 29.0 Å². The number of amides is 1. The molecule has 0 unspecified atom stereocenters. The second kappa shape index (κ2) is 9.05. The molecule has 0 spiro atoms. The van der Waals surface area contributed by atoms with Crippen LogP contribution in [0, 0.1) is 13.8 Å². The van der Waals surface area contributed by atoms with Crippen molar-refractivity contribution in [1.82, 2.24) is 9.97 Å². The van der Waals surface area contributed by atoms with Gasteiger partial charge < -0.3 is 20.3 Å². The summed E-state index contributed by atoms with van der Waals surface area (Å²) in [5.41, 5.74) is 3.39. The van der Waals surface area contributed by atoms with Gasteiger partial charge in [-0.2, -0.15) is 4.98 Å². The van der Waals surface area contributed by atoms with Crippen molar-refractivity contribution in [2.45, 2.75) is 13.8 Å². The molecule has 0 radical (unpaired) electrons. The lowest BCUT2D eigenvalue weighted by atomic mass is 10.2. The van der Waals surface area contributed by atoms with Crippen LogP contribution < -0.4 is 20.3 Å². The average Bonchev–Trinajstić information content (AvgIpc) is 2.68. The molecule has 3 aromatic rings. The number of carbonyl (C=O) groups excluding carboxylic acids is 1. The van der Waals surface area contributed by atoms with Crippen LogP contribution in [0.3, 0.4) is 0 Å². The Morgan fingerprint density at radius 1 is 1.00 bits per heavy atom. The average molecular weight is 391 g/mol. The predicted molar refractivity (Wildman–Crippen MR) is 116 cm³/mol. The molecule has 0 atom stereocenters. The summed E-state index contributed by atoms with van der Waals surface area (Å²) in [6, 6.07) is 16.9. The quantitative estimate of drug-likeness (QED) is 0.635. The van der Waals surface area contributed by atoms with Gasteiger partial charge in [0.15, 0.2) is 6.61 Å². The molecular formula is C22H25N5O2. The zero-order chi connectivity index (χ0) is 20.8. The third-order valence-corrected chi connectivity index (χ3v) is 4.18. The molecule has 0 fully saturated rings. The van der Waals surface area contributed by atoms with Crippen molar-refractivity contribution in [3.05, 3.63) is 65.9 Å². The van der Waals surface area contributed by atoms with Crippen LogP contribution in [0.5, 0.6) is 5.75 Å². The number of benzene rings is 2. The first kappa shape index (κ1) is 20.1. The summed E-state index contributed by atoms with van der Waals surface area (Å²) < 4.78 is 5.57. The van der Waals surface area contributed by atoms with Crippen LogP contribution in [0.25, 0.3) is 0 Å². The van der Waals surface area contributed by atoms with Gasteiger partial charge >= 0.3 is 0 Å². The Morgan fingerprint density at radius 3 is 2.38 bits per heavy atom. The molecule has 0 saturated carbocycles. The predicted octanol–water partition coefficient (Wildman–Crippen LogP) is 3.92. The Labute approximate surface area is 170 Å². The number of para-hydroxylation sites is 1. The summed E-state index contributed by atoms with van der Waals surface area (Å²) in [6.45, 7) is 3.82. The van der Waals surface area contributed by atoms with Crippen LogP contribution in [0.2, 0.25) is 0 Å². The van der Waals surface area contributed by atoms with E-state index < -0.39 is 0 Å². The molecule has 1 amide bonds. The molecule has 0 bridgehead atoms. The van der Waals surface area contributed by atoms with Gasteiger partial charge in [0.05, 0.1) is 0 Å². The van der Waals surface area contributed by atoms with Crippen molar-refractivity contribution in [3.8, 4) is 5.75 Å². The molecule has 1 heterocycles. The van der Waals surface area contributed by atoms with Crippen molar-refractivity contribution in [2.24, 2.45) is 0 Å². The first-order valence-corrected chi connectivity index (χ1v) is 9.29. The number of aryl methyl sites for hydroxylation is 2. The van der Waals surface area contributed by atoms with Crippen LogP contribution in [0.4, 0.5) is 23.1 Å². The fraction of sp³-hybridized carbons (Fsp3) is 0.227. The Balaban J connectivity index is 1.57. The smallest absolute Gasteiger partial charge is 0.262 e.